The van der Waals surface area contributed by atoms with Gasteiger partial charge in [-0.05, 0) is 25.0 Å². The second-order valence-electron chi connectivity index (χ2n) is 5.09. The number of nitrogens with zero attached hydrogens (tertiary/aromatic N) is 3. The van der Waals surface area contributed by atoms with Crippen LogP contribution in [0.4, 0.5) is 19.0 Å². The van der Waals surface area contributed by atoms with Crippen LogP contribution >= 0.6 is 0 Å². The standard InChI is InChI=1S/C14H13F3N4O/c15-14(16,17)10-7-9(11-3-4-12(22)20-19-11)8-18-13(10)21-5-1-2-6-21/h3-4,7-8H,1-2,5-6H2,(H,20,22). The molecular formula is C14H13F3N4O. The fourth-order valence-corrected chi connectivity index (χ4v) is 2.49. The van der Waals surface area contributed by atoms with Crippen LogP contribution in [0.25, 0.3) is 11.3 Å². The Morgan fingerprint density at radius 2 is 1.91 bits per heavy atom. The molecule has 1 N–H and O–H groups in total. The molecule has 1 saturated heterocycles. The Morgan fingerprint density at radius 1 is 1.18 bits per heavy atom. The van der Waals surface area contributed by atoms with E-state index in [0.717, 1.165) is 18.9 Å². The largest absolute Gasteiger partial charge is 0.419 e. The summed E-state index contributed by atoms with van der Waals surface area (Å²) in [5.74, 6) is -0.0434. The van der Waals surface area contributed by atoms with Gasteiger partial charge in [0.1, 0.15) is 5.82 Å². The molecule has 2 aromatic rings. The zero-order chi connectivity index (χ0) is 15.7. The number of hydrogen-bond acceptors (Lipinski definition) is 4. The third-order valence-electron chi connectivity index (χ3n) is 3.55. The van der Waals surface area contributed by atoms with Gasteiger partial charge in [-0.25, -0.2) is 10.1 Å². The summed E-state index contributed by atoms with van der Waals surface area (Å²) in [7, 11) is 0. The fourth-order valence-electron chi connectivity index (χ4n) is 2.49. The Balaban J connectivity index is 2.07. The van der Waals surface area contributed by atoms with Gasteiger partial charge in [-0.15, -0.1) is 0 Å². The highest BCUT2D eigenvalue weighted by molar-refractivity contribution is 5.63. The van der Waals surface area contributed by atoms with Crippen LogP contribution in [-0.4, -0.2) is 28.3 Å². The molecule has 1 aliphatic heterocycles. The first-order valence-corrected chi connectivity index (χ1v) is 6.83. The third-order valence-corrected chi connectivity index (χ3v) is 3.55. The first kappa shape index (κ1) is 14.6. The lowest BCUT2D eigenvalue weighted by Crippen LogP contribution is -2.23. The molecule has 0 aromatic carbocycles. The number of H-pyrrole nitrogens is 1. The van der Waals surface area contributed by atoms with Gasteiger partial charge in [-0.1, -0.05) is 0 Å². The van der Waals surface area contributed by atoms with Crippen molar-refractivity contribution in [1.82, 2.24) is 15.2 Å². The molecule has 22 heavy (non-hydrogen) atoms. The van der Waals surface area contributed by atoms with Crippen molar-refractivity contribution in [2.45, 2.75) is 19.0 Å². The van der Waals surface area contributed by atoms with Crippen molar-refractivity contribution >= 4 is 5.82 Å². The molecule has 2 aromatic heterocycles. The van der Waals surface area contributed by atoms with Gasteiger partial charge in [0.25, 0.3) is 5.56 Å². The van der Waals surface area contributed by atoms with Gasteiger partial charge in [-0.2, -0.15) is 18.3 Å². The van der Waals surface area contributed by atoms with Gasteiger partial charge in [0.05, 0.1) is 11.3 Å². The van der Waals surface area contributed by atoms with E-state index < -0.39 is 17.3 Å². The van der Waals surface area contributed by atoms with E-state index in [2.05, 4.69) is 15.2 Å². The van der Waals surface area contributed by atoms with Crippen LogP contribution in [0.1, 0.15) is 18.4 Å². The van der Waals surface area contributed by atoms with Crippen LogP contribution in [0.5, 0.6) is 0 Å². The van der Waals surface area contributed by atoms with Gasteiger partial charge < -0.3 is 4.90 Å². The molecule has 0 bridgehead atoms. The number of nitrogens with one attached hydrogen (secondary N) is 1. The van der Waals surface area contributed by atoms with Gasteiger partial charge in [0.2, 0.25) is 0 Å². The molecule has 1 fully saturated rings. The van der Waals surface area contributed by atoms with E-state index in [0.29, 0.717) is 13.1 Å². The number of alkyl halides is 3. The molecule has 3 rings (SSSR count). The Kier molecular flexibility index (Phi) is 3.59. The van der Waals surface area contributed by atoms with Crippen LogP contribution in [0, 0.1) is 0 Å². The average Bonchev–Trinajstić information content (AvgIpc) is 3.01. The molecular weight excluding hydrogens is 297 g/mol. The minimum atomic E-state index is -4.50. The molecule has 0 radical (unpaired) electrons. The second kappa shape index (κ2) is 5.43. The summed E-state index contributed by atoms with van der Waals surface area (Å²) in [6.45, 7) is 1.15. The number of pyridine rings is 1. The van der Waals surface area contributed by atoms with Crippen molar-refractivity contribution < 1.29 is 13.2 Å². The molecule has 1 aliphatic rings. The molecule has 0 amide bonds. The normalized spacial score (nSPS) is 15.3. The summed E-state index contributed by atoms with van der Waals surface area (Å²) in [4.78, 5) is 16.6. The summed E-state index contributed by atoms with van der Waals surface area (Å²) >= 11 is 0. The van der Waals surface area contributed by atoms with E-state index in [-0.39, 0.29) is 17.1 Å². The Bertz CT molecular complexity index is 715. The van der Waals surface area contributed by atoms with Crippen molar-refractivity contribution in [2.24, 2.45) is 0 Å². The van der Waals surface area contributed by atoms with E-state index in [1.807, 2.05) is 0 Å². The minimum Gasteiger partial charge on any atom is -0.356 e. The van der Waals surface area contributed by atoms with Gasteiger partial charge in [0.15, 0.2) is 0 Å². The molecule has 3 heterocycles. The first-order chi connectivity index (χ1) is 10.4. The van der Waals surface area contributed by atoms with Gasteiger partial charge >= 0.3 is 6.18 Å². The van der Waals surface area contributed by atoms with Crippen LogP contribution in [0.15, 0.2) is 29.2 Å². The number of rotatable bonds is 2. The smallest absolute Gasteiger partial charge is 0.356 e. The van der Waals surface area contributed by atoms with Crippen molar-refractivity contribution in [1.29, 1.82) is 0 Å². The maximum Gasteiger partial charge on any atom is 0.419 e. The highest BCUT2D eigenvalue weighted by atomic mass is 19.4. The quantitative estimate of drug-likeness (QED) is 0.925. The van der Waals surface area contributed by atoms with Crippen molar-refractivity contribution in [2.75, 3.05) is 18.0 Å². The van der Waals surface area contributed by atoms with E-state index in [1.165, 1.54) is 18.3 Å². The zero-order valence-electron chi connectivity index (χ0n) is 11.5. The third kappa shape index (κ3) is 2.81. The maximum atomic E-state index is 13.3. The Hall–Kier alpha value is -2.38. The topological polar surface area (TPSA) is 61.9 Å². The predicted octanol–water partition coefficient (Wildman–Crippen LogP) is 2.45. The lowest BCUT2D eigenvalue weighted by atomic mass is 10.1. The van der Waals surface area contributed by atoms with Crippen LogP contribution in [0.3, 0.4) is 0 Å². The summed E-state index contributed by atoms with van der Waals surface area (Å²) in [5, 5.41) is 5.94. The maximum absolute atomic E-state index is 13.3. The molecule has 0 unspecified atom stereocenters. The zero-order valence-corrected chi connectivity index (χ0v) is 11.5. The summed E-state index contributed by atoms with van der Waals surface area (Å²) < 4.78 is 40.0. The van der Waals surface area contributed by atoms with E-state index in [4.69, 9.17) is 0 Å². The van der Waals surface area contributed by atoms with E-state index >= 15 is 0 Å². The van der Waals surface area contributed by atoms with Gasteiger partial charge in [0, 0.05) is 30.9 Å². The first-order valence-electron chi connectivity index (χ1n) is 6.83. The second-order valence-corrected chi connectivity index (χ2v) is 5.09. The lowest BCUT2D eigenvalue weighted by Gasteiger charge is -2.21. The Morgan fingerprint density at radius 3 is 2.50 bits per heavy atom. The number of hydrogen-bond donors (Lipinski definition) is 1. The van der Waals surface area contributed by atoms with Crippen LogP contribution < -0.4 is 10.5 Å². The highest BCUT2D eigenvalue weighted by Crippen LogP contribution is 2.38. The molecule has 0 spiro atoms. The highest BCUT2D eigenvalue weighted by Gasteiger charge is 2.37. The molecule has 116 valence electrons. The van der Waals surface area contributed by atoms with Crippen LogP contribution in [-0.2, 0) is 6.18 Å². The number of halogens is 3. The van der Waals surface area contributed by atoms with Crippen molar-refractivity contribution in [3.63, 3.8) is 0 Å². The molecule has 0 atom stereocenters. The fraction of sp³-hybridized carbons (Fsp3) is 0.357. The SMILES string of the molecule is O=c1ccc(-c2cnc(N3CCCC3)c(C(F)(F)F)c2)n[nH]1. The molecule has 0 saturated carbocycles. The molecule has 5 nitrogen and oxygen atoms in total. The molecule has 8 heteroatoms. The van der Waals surface area contributed by atoms with Crippen molar-refractivity contribution in [3.8, 4) is 11.3 Å². The van der Waals surface area contributed by atoms with Gasteiger partial charge in [-0.3, -0.25) is 4.79 Å². The molecule has 0 aliphatic carbocycles. The van der Waals surface area contributed by atoms with E-state index in [1.54, 1.807) is 4.90 Å². The number of anilines is 1. The summed E-state index contributed by atoms with van der Waals surface area (Å²) in [5.41, 5.74) is -0.738. The van der Waals surface area contributed by atoms with Crippen molar-refractivity contribution in [3.05, 3.63) is 40.3 Å². The van der Waals surface area contributed by atoms with E-state index in [9.17, 15) is 18.0 Å². The number of aromatic amines is 1. The monoisotopic (exact) mass is 310 g/mol. The average molecular weight is 310 g/mol. The predicted molar refractivity (Wildman–Crippen MR) is 74.5 cm³/mol. The Labute approximate surface area is 123 Å². The summed E-state index contributed by atoms with van der Waals surface area (Å²) in [6.07, 6.45) is -1.42. The minimum absolute atomic E-state index is 0.0434. The van der Waals surface area contributed by atoms with Crippen LogP contribution in [0.2, 0.25) is 0 Å². The number of aromatic nitrogens is 3. The lowest BCUT2D eigenvalue weighted by molar-refractivity contribution is -0.137. The summed E-state index contributed by atoms with van der Waals surface area (Å²) in [6, 6.07) is 3.61.